The third-order valence-electron chi connectivity index (χ3n) is 3.73. The minimum atomic E-state index is -0.280. The van der Waals surface area contributed by atoms with Gasteiger partial charge in [0.2, 0.25) is 5.91 Å². The number of aromatic nitrogens is 1. The normalized spacial score (nSPS) is 10.9. The van der Waals surface area contributed by atoms with Crippen molar-refractivity contribution in [3.05, 3.63) is 22.5 Å². The number of ether oxygens (including phenoxy) is 1. The fourth-order valence-corrected chi connectivity index (χ4v) is 2.84. The van der Waals surface area contributed by atoms with Crippen LogP contribution in [0.25, 0.3) is 0 Å². The van der Waals surface area contributed by atoms with E-state index in [9.17, 15) is 9.59 Å². The first-order valence-corrected chi connectivity index (χ1v) is 7.98. The zero-order valence-electron chi connectivity index (χ0n) is 14.6. The molecule has 1 aromatic heterocycles. The summed E-state index contributed by atoms with van der Waals surface area (Å²) in [6.07, 6.45) is 1.04. The van der Waals surface area contributed by atoms with Crippen LogP contribution in [0.5, 0.6) is 0 Å². The lowest BCUT2D eigenvalue weighted by Crippen LogP contribution is -2.30. The Morgan fingerprint density at radius 2 is 1.86 bits per heavy atom. The van der Waals surface area contributed by atoms with Crippen LogP contribution in [0, 0.1) is 13.8 Å². The molecule has 0 spiro atoms. The van der Waals surface area contributed by atoms with Crippen molar-refractivity contribution in [3.8, 4) is 0 Å². The van der Waals surface area contributed by atoms with Gasteiger partial charge in [-0.1, -0.05) is 0 Å². The van der Waals surface area contributed by atoms with Crippen molar-refractivity contribution < 1.29 is 14.3 Å². The lowest BCUT2D eigenvalue weighted by molar-refractivity contribution is -0.121. The number of hydrogen-bond donors (Lipinski definition) is 1. The number of hydrogen-bond acceptors (Lipinski definition) is 3. The summed E-state index contributed by atoms with van der Waals surface area (Å²) in [5.74, 6) is -0.244. The van der Waals surface area contributed by atoms with Crippen LogP contribution < -0.4 is 5.32 Å². The van der Waals surface area contributed by atoms with E-state index in [1.807, 2.05) is 34.6 Å². The average Bonchev–Trinajstić information content (AvgIpc) is 2.66. The monoisotopic (exact) mass is 308 g/mol. The van der Waals surface area contributed by atoms with Gasteiger partial charge in [0.1, 0.15) is 0 Å². The van der Waals surface area contributed by atoms with Gasteiger partial charge in [0, 0.05) is 30.4 Å². The van der Waals surface area contributed by atoms with Gasteiger partial charge in [0.15, 0.2) is 0 Å². The topological polar surface area (TPSA) is 60.3 Å². The minimum absolute atomic E-state index is 0.0357. The van der Waals surface area contributed by atoms with Gasteiger partial charge in [0.25, 0.3) is 0 Å². The van der Waals surface area contributed by atoms with Gasteiger partial charge in [-0.2, -0.15) is 0 Å². The first kappa shape index (κ1) is 18.3. The molecule has 1 aromatic rings. The Labute approximate surface area is 133 Å². The maximum Gasteiger partial charge on any atom is 0.340 e. The average molecular weight is 308 g/mol. The summed E-state index contributed by atoms with van der Waals surface area (Å²) in [6, 6.07) is 0.142. The molecule has 0 aromatic carbocycles. The third kappa shape index (κ3) is 4.12. The number of carbonyl (C=O) groups excluding carboxylic acids is 2. The minimum Gasteiger partial charge on any atom is -0.462 e. The van der Waals surface area contributed by atoms with Crippen molar-refractivity contribution in [1.82, 2.24) is 9.88 Å². The van der Waals surface area contributed by atoms with Gasteiger partial charge in [-0.05, 0) is 53.5 Å². The van der Waals surface area contributed by atoms with Crippen LogP contribution in [0.2, 0.25) is 0 Å². The molecule has 5 nitrogen and oxygen atoms in total. The van der Waals surface area contributed by atoms with Crippen molar-refractivity contribution in [3.63, 3.8) is 0 Å². The second-order valence-corrected chi connectivity index (χ2v) is 5.72. The summed E-state index contributed by atoms with van der Waals surface area (Å²) in [4.78, 5) is 24.0. The summed E-state index contributed by atoms with van der Waals surface area (Å²) in [7, 11) is 0. The zero-order valence-corrected chi connectivity index (χ0v) is 14.6. The number of rotatable bonds is 7. The van der Waals surface area contributed by atoms with Gasteiger partial charge in [-0.15, -0.1) is 0 Å². The lowest BCUT2D eigenvalue weighted by atomic mass is 10.1. The van der Waals surface area contributed by atoms with E-state index in [-0.39, 0.29) is 17.9 Å². The number of esters is 1. The van der Waals surface area contributed by atoms with Crippen LogP contribution in [0.15, 0.2) is 0 Å². The van der Waals surface area contributed by atoms with Crippen LogP contribution in [0.4, 0.5) is 0 Å². The predicted molar refractivity (Wildman–Crippen MR) is 87.1 cm³/mol. The highest BCUT2D eigenvalue weighted by Crippen LogP contribution is 2.24. The maximum absolute atomic E-state index is 12.1. The number of nitrogens with one attached hydrogen (secondary N) is 1. The number of amides is 1. The van der Waals surface area contributed by atoms with Crippen LogP contribution in [-0.2, 0) is 22.5 Å². The molecule has 1 amide bonds. The summed E-state index contributed by atoms with van der Waals surface area (Å²) in [5, 5.41) is 2.89. The van der Waals surface area contributed by atoms with Gasteiger partial charge >= 0.3 is 5.97 Å². The molecule has 0 aliphatic rings. The van der Waals surface area contributed by atoms with Crippen LogP contribution in [-0.4, -0.2) is 29.1 Å². The fourth-order valence-electron chi connectivity index (χ4n) is 2.84. The Hall–Kier alpha value is -1.78. The third-order valence-corrected chi connectivity index (χ3v) is 3.73. The molecular weight excluding hydrogens is 280 g/mol. The summed E-state index contributed by atoms with van der Waals surface area (Å²) in [5.41, 5.74) is 3.53. The van der Waals surface area contributed by atoms with E-state index in [4.69, 9.17) is 4.74 Å². The standard InChI is InChI=1S/C17H28N2O3/c1-7-19-13(6)16(17(21)22-8-2)12(5)14(19)9-10-15(20)18-11(3)4/h11H,7-10H2,1-6H3,(H,18,20). The van der Waals surface area contributed by atoms with Crippen molar-refractivity contribution in [2.75, 3.05) is 6.61 Å². The first-order valence-electron chi connectivity index (χ1n) is 7.98. The van der Waals surface area contributed by atoms with Crippen molar-refractivity contribution in [2.45, 2.75) is 67.0 Å². The van der Waals surface area contributed by atoms with Gasteiger partial charge < -0.3 is 14.6 Å². The van der Waals surface area contributed by atoms with Crippen LogP contribution >= 0.6 is 0 Å². The Bertz CT molecular complexity index is 545. The first-order chi connectivity index (χ1) is 10.3. The van der Waals surface area contributed by atoms with E-state index in [1.54, 1.807) is 6.92 Å². The maximum atomic E-state index is 12.1. The number of nitrogens with zero attached hydrogens (tertiary/aromatic N) is 1. The van der Waals surface area contributed by atoms with Crippen molar-refractivity contribution >= 4 is 11.9 Å². The van der Waals surface area contributed by atoms with Crippen LogP contribution in [0.3, 0.4) is 0 Å². The van der Waals surface area contributed by atoms with Crippen molar-refractivity contribution in [1.29, 1.82) is 0 Å². The molecule has 1 rings (SSSR count). The molecule has 22 heavy (non-hydrogen) atoms. The fraction of sp³-hybridized carbons (Fsp3) is 0.647. The second-order valence-electron chi connectivity index (χ2n) is 5.72. The molecule has 0 saturated heterocycles. The Morgan fingerprint density at radius 3 is 2.36 bits per heavy atom. The molecule has 1 N–H and O–H groups in total. The molecule has 5 heteroatoms. The van der Waals surface area contributed by atoms with Crippen LogP contribution in [0.1, 0.15) is 61.4 Å². The highest BCUT2D eigenvalue weighted by Gasteiger charge is 2.23. The van der Waals surface area contributed by atoms with Crippen molar-refractivity contribution in [2.24, 2.45) is 0 Å². The zero-order chi connectivity index (χ0) is 16.9. The van der Waals surface area contributed by atoms with Gasteiger partial charge in [-0.25, -0.2) is 4.79 Å². The molecular formula is C17H28N2O3. The SMILES string of the molecule is CCOC(=O)c1c(C)c(CCC(=O)NC(C)C)n(CC)c1C. The van der Waals surface area contributed by atoms with Gasteiger partial charge in [0.05, 0.1) is 12.2 Å². The Kier molecular flexibility index (Phi) is 6.65. The molecule has 0 radical (unpaired) electrons. The number of carbonyl (C=O) groups is 2. The van der Waals surface area contributed by atoms with E-state index in [0.717, 1.165) is 23.5 Å². The largest absolute Gasteiger partial charge is 0.462 e. The Morgan fingerprint density at radius 1 is 1.23 bits per heavy atom. The highest BCUT2D eigenvalue weighted by atomic mass is 16.5. The molecule has 124 valence electrons. The molecule has 0 saturated carbocycles. The molecule has 0 bridgehead atoms. The van der Waals surface area contributed by atoms with E-state index >= 15 is 0 Å². The quantitative estimate of drug-likeness (QED) is 0.788. The van der Waals surface area contributed by atoms with Gasteiger partial charge in [-0.3, -0.25) is 4.79 Å². The summed E-state index contributed by atoms with van der Waals surface area (Å²) in [6.45, 7) is 12.7. The van der Waals surface area contributed by atoms with E-state index < -0.39 is 0 Å². The molecule has 1 heterocycles. The van der Waals surface area contributed by atoms with E-state index in [1.165, 1.54) is 0 Å². The summed E-state index contributed by atoms with van der Waals surface area (Å²) >= 11 is 0. The molecule has 0 aliphatic carbocycles. The van der Waals surface area contributed by atoms with E-state index in [2.05, 4.69) is 9.88 Å². The molecule has 0 atom stereocenters. The lowest BCUT2D eigenvalue weighted by Gasteiger charge is -2.11. The highest BCUT2D eigenvalue weighted by molar-refractivity contribution is 5.93. The molecule has 0 fully saturated rings. The predicted octanol–water partition coefficient (Wildman–Crippen LogP) is 2.76. The van der Waals surface area contributed by atoms with E-state index in [0.29, 0.717) is 25.0 Å². The molecule has 0 unspecified atom stereocenters. The Balaban J connectivity index is 3.02. The second kappa shape index (κ2) is 8.01. The summed E-state index contributed by atoms with van der Waals surface area (Å²) < 4.78 is 7.25. The smallest absolute Gasteiger partial charge is 0.340 e. The molecule has 0 aliphatic heterocycles.